The molecule has 0 spiro atoms. The van der Waals surface area contributed by atoms with Gasteiger partial charge in [0.25, 0.3) is 0 Å². The number of aryl methyl sites for hydroxylation is 1. The molecule has 8 heteroatoms. The van der Waals surface area contributed by atoms with E-state index in [9.17, 15) is 22.8 Å². The van der Waals surface area contributed by atoms with E-state index in [1.54, 1.807) is 0 Å². The van der Waals surface area contributed by atoms with Crippen LogP contribution in [0, 0.1) is 18.8 Å². The molecule has 0 unspecified atom stereocenters. The molecule has 0 aromatic heterocycles. The van der Waals surface area contributed by atoms with E-state index in [0.717, 1.165) is 16.2 Å². The summed E-state index contributed by atoms with van der Waals surface area (Å²) >= 11 is 0. The Morgan fingerprint density at radius 2 is 1.96 bits per heavy atom. The molecule has 1 heterocycles. The van der Waals surface area contributed by atoms with E-state index < -0.39 is 43.0 Å². The van der Waals surface area contributed by atoms with Gasteiger partial charge in [-0.3, -0.25) is 9.59 Å². The second kappa shape index (κ2) is 7.11. The molecular formula is C16H19F3N2O3. The summed E-state index contributed by atoms with van der Waals surface area (Å²) in [7, 11) is 0. The van der Waals surface area contributed by atoms with Crippen LogP contribution in [0.25, 0.3) is 0 Å². The first kappa shape index (κ1) is 18.1. The molecule has 132 valence electrons. The highest BCUT2D eigenvalue weighted by Crippen LogP contribution is 2.37. The summed E-state index contributed by atoms with van der Waals surface area (Å²) in [5.41, 5.74) is 1.84. The fourth-order valence-corrected chi connectivity index (χ4v) is 2.82. The normalized spacial score (nSPS) is 20.9. The largest absolute Gasteiger partial charge is 0.481 e. The number of nitrogens with zero attached hydrogens (tertiary/aromatic N) is 1. The number of halogens is 3. The third kappa shape index (κ3) is 4.18. The Hall–Kier alpha value is -2.25. The molecule has 1 fully saturated rings. The van der Waals surface area contributed by atoms with Gasteiger partial charge in [-0.2, -0.15) is 13.2 Å². The lowest BCUT2D eigenvalue weighted by Gasteiger charge is -2.18. The maximum atomic E-state index is 12.9. The van der Waals surface area contributed by atoms with Crippen molar-refractivity contribution in [1.29, 1.82) is 0 Å². The Balaban J connectivity index is 1.91. The average molecular weight is 344 g/mol. The molecule has 0 bridgehead atoms. The highest BCUT2D eigenvalue weighted by atomic mass is 19.4. The molecule has 2 rings (SSSR count). The fourth-order valence-electron chi connectivity index (χ4n) is 2.82. The number of carboxylic acids is 1. The summed E-state index contributed by atoms with van der Waals surface area (Å²) in [5.74, 6) is -5.61. The number of carbonyl (C=O) groups is 2. The number of hydrogen-bond donors (Lipinski definition) is 2. The number of carboxylic acid groups (broad SMARTS) is 1. The average Bonchev–Trinajstić information content (AvgIpc) is 2.95. The van der Waals surface area contributed by atoms with Gasteiger partial charge in [0.1, 0.15) is 0 Å². The third-order valence-corrected chi connectivity index (χ3v) is 4.21. The molecule has 1 amide bonds. The predicted octanol–water partition coefficient (Wildman–Crippen LogP) is 2.52. The second-order valence-corrected chi connectivity index (χ2v) is 5.88. The SMILES string of the molecule is Cc1ccccc1NCCC(=O)N1C[C@@H](C(F)(F)F)[C@H](C(=O)O)C1. The Morgan fingerprint density at radius 1 is 1.29 bits per heavy atom. The van der Waals surface area contributed by atoms with Crippen molar-refractivity contribution in [1.82, 2.24) is 4.90 Å². The number of para-hydroxylation sites is 1. The molecule has 5 nitrogen and oxygen atoms in total. The number of benzene rings is 1. The van der Waals surface area contributed by atoms with Crippen LogP contribution in [0.5, 0.6) is 0 Å². The van der Waals surface area contributed by atoms with Gasteiger partial charge in [-0.25, -0.2) is 0 Å². The number of amides is 1. The Labute approximate surface area is 137 Å². The molecular weight excluding hydrogens is 325 g/mol. The number of carbonyl (C=O) groups excluding carboxylic acids is 1. The van der Waals surface area contributed by atoms with Gasteiger partial charge in [0.2, 0.25) is 5.91 Å². The van der Waals surface area contributed by atoms with E-state index in [1.807, 2.05) is 31.2 Å². The van der Waals surface area contributed by atoms with E-state index in [0.29, 0.717) is 0 Å². The maximum Gasteiger partial charge on any atom is 0.394 e. The minimum Gasteiger partial charge on any atom is -0.481 e. The summed E-state index contributed by atoms with van der Waals surface area (Å²) in [6.07, 6.45) is -4.62. The molecule has 0 radical (unpaired) electrons. The lowest BCUT2D eigenvalue weighted by Crippen LogP contribution is -2.34. The van der Waals surface area contributed by atoms with Crippen molar-refractivity contribution in [3.05, 3.63) is 29.8 Å². The van der Waals surface area contributed by atoms with Gasteiger partial charge < -0.3 is 15.3 Å². The zero-order valence-corrected chi connectivity index (χ0v) is 13.1. The highest BCUT2D eigenvalue weighted by molar-refractivity contribution is 5.79. The zero-order chi connectivity index (χ0) is 17.9. The summed E-state index contributed by atoms with van der Waals surface area (Å²) in [6.45, 7) is 1.18. The van der Waals surface area contributed by atoms with Gasteiger partial charge in [0, 0.05) is 31.7 Å². The lowest BCUT2D eigenvalue weighted by molar-refractivity contribution is -0.188. The minimum atomic E-state index is -4.63. The Kier molecular flexibility index (Phi) is 5.36. The second-order valence-electron chi connectivity index (χ2n) is 5.88. The van der Waals surface area contributed by atoms with Crippen molar-refractivity contribution in [3.63, 3.8) is 0 Å². The van der Waals surface area contributed by atoms with Crippen LogP contribution in [0.1, 0.15) is 12.0 Å². The zero-order valence-electron chi connectivity index (χ0n) is 13.1. The smallest absolute Gasteiger partial charge is 0.394 e. The third-order valence-electron chi connectivity index (χ3n) is 4.21. The first-order chi connectivity index (χ1) is 11.2. The van der Waals surface area contributed by atoms with Crippen molar-refractivity contribution in [2.45, 2.75) is 19.5 Å². The summed E-state index contributed by atoms with van der Waals surface area (Å²) in [4.78, 5) is 24.1. The van der Waals surface area contributed by atoms with Crippen molar-refractivity contribution in [2.24, 2.45) is 11.8 Å². The molecule has 1 aliphatic rings. The number of likely N-dealkylation sites (tertiary alicyclic amines) is 1. The van der Waals surface area contributed by atoms with Crippen molar-refractivity contribution < 1.29 is 27.9 Å². The first-order valence-electron chi connectivity index (χ1n) is 7.57. The number of alkyl halides is 3. The molecule has 2 atom stereocenters. The molecule has 1 aromatic rings. The van der Waals surface area contributed by atoms with Crippen LogP contribution in [0.15, 0.2) is 24.3 Å². The molecule has 0 aliphatic carbocycles. The van der Waals surface area contributed by atoms with Crippen molar-refractivity contribution >= 4 is 17.6 Å². The van der Waals surface area contributed by atoms with Crippen LogP contribution < -0.4 is 5.32 Å². The van der Waals surface area contributed by atoms with Gasteiger partial charge in [0.15, 0.2) is 0 Å². The molecule has 1 saturated heterocycles. The number of anilines is 1. The van der Waals surface area contributed by atoms with Gasteiger partial charge in [-0.15, -0.1) is 0 Å². The van der Waals surface area contributed by atoms with Crippen LogP contribution in [0.4, 0.5) is 18.9 Å². The molecule has 0 saturated carbocycles. The van der Waals surface area contributed by atoms with Gasteiger partial charge in [-0.1, -0.05) is 18.2 Å². The topological polar surface area (TPSA) is 69.6 Å². The van der Waals surface area contributed by atoms with Crippen molar-refractivity contribution in [2.75, 3.05) is 25.0 Å². The fraction of sp³-hybridized carbons (Fsp3) is 0.500. The van der Waals surface area contributed by atoms with Gasteiger partial charge in [-0.05, 0) is 18.6 Å². The van der Waals surface area contributed by atoms with Crippen LogP contribution in [0.2, 0.25) is 0 Å². The molecule has 1 aliphatic heterocycles. The van der Waals surface area contributed by atoms with E-state index in [4.69, 9.17) is 5.11 Å². The summed E-state index contributed by atoms with van der Waals surface area (Å²) < 4.78 is 38.7. The molecule has 1 aromatic carbocycles. The van der Waals surface area contributed by atoms with Crippen LogP contribution in [-0.4, -0.2) is 47.7 Å². The monoisotopic (exact) mass is 344 g/mol. The number of hydrogen-bond acceptors (Lipinski definition) is 3. The maximum absolute atomic E-state index is 12.9. The van der Waals surface area contributed by atoms with E-state index >= 15 is 0 Å². The van der Waals surface area contributed by atoms with Crippen LogP contribution in [0.3, 0.4) is 0 Å². The van der Waals surface area contributed by atoms with E-state index in [-0.39, 0.29) is 13.0 Å². The van der Waals surface area contributed by atoms with Crippen LogP contribution in [-0.2, 0) is 9.59 Å². The Morgan fingerprint density at radius 3 is 2.50 bits per heavy atom. The first-order valence-corrected chi connectivity index (χ1v) is 7.57. The Bertz CT molecular complexity index is 619. The van der Waals surface area contributed by atoms with E-state index in [1.165, 1.54) is 0 Å². The van der Waals surface area contributed by atoms with Gasteiger partial charge >= 0.3 is 12.1 Å². The lowest BCUT2D eigenvalue weighted by atomic mass is 9.96. The minimum absolute atomic E-state index is 0.00521. The molecule has 24 heavy (non-hydrogen) atoms. The number of nitrogens with one attached hydrogen (secondary N) is 1. The predicted molar refractivity (Wildman–Crippen MR) is 81.5 cm³/mol. The number of aliphatic carboxylic acids is 1. The van der Waals surface area contributed by atoms with Gasteiger partial charge in [0.05, 0.1) is 11.8 Å². The standard InChI is InChI=1S/C16H19F3N2O3/c1-10-4-2-3-5-13(10)20-7-6-14(22)21-8-11(15(23)24)12(9-21)16(17,18)19/h2-5,11-12,20H,6-9H2,1H3,(H,23,24)/t11-,12-/m1/s1. The summed E-state index contributed by atoms with van der Waals surface area (Å²) in [6, 6.07) is 7.45. The van der Waals surface area contributed by atoms with E-state index in [2.05, 4.69) is 5.32 Å². The number of rotatable bonds is 5. The summed E-state index contributed by atoms with van der Waals surface area (Å²) in [5, 5.41) is 12.0. The quantitative estimate of drug-likeness (QED) is 0.861. The van der Waals surface area contributed by atoms with Crippen molar-refractivity contribution in [3.8, 4) is 0 Å². The van der Waals surface area contributed by atoms with Crippen LogP contribution >= 0.6 is 0 Å². The highest BCUT2D eigenvalue weighted by Gasteiger charge is 2.53. The molecule has 2 N–H and O–H groups in total.